The monoisotopic (exact) mass is 376 g/mol. The smallest absolute Gasteiger partial charge is 0.227 e. The number of hydrogen-bond donors (Lipinski definition) is 0. The first-order valence-electron chi connectivity index (χ1n) is 10.1. The van der Waals surface area contributed by atoms with Gasteiger partial charge in [0.05, 0.1) is 12.5 Å². The lowest BCUT2D eigenvalue weighted by molar-refractivity contribution is -0.131. The summed E-state index contributed by atoms with van der Waals surface area (Å²) in [6, 6.07) is 16.6. The lowest BCUT2D eigenvalue weighted by Crippen LogP contribution is -2.37. The fourth-order valence-electron chi connectivity index (χ4n) is 5.00. The summed E-state index contributed by atoms with van der Waals surface area (Å²) in [6.07, 6.45) is 0.451. The standard InChI is InChI=1S/C24H28N2O2/c1-16-7-6-9-19(11-16)12-23(28)25-13-20-14-26(18(3)27)24(22(20)15-25)21-10-5-4-8-17(21)2/h4-11,20,22,24H,12-15H2,1-3H3/t20-,22-,24+/m1/s1. The van der Waals surface area contributed by atoms with Crippen LogP contribution in [0.25, 0.3) is 0 Å². The van der Waals surface area contributed by atoms with E-state index < -0.39 is 0 Å². The highest BCUT2D eigenvalue weighted by Crippen LogP contribution is 2.45. The topological polar surface area (TPSA) is 40.6 Å². The molecule has 4 rings (SSSR count). The second-order valence-corrected chi connectivity index (χ2v) is 8.36. The lowest BCUT2D eigenvalue weighted by Gasteiger charge is -2.30. The summed E-state index contributed by atoms with van der Waals surface area (Å²) in [7, 11) is 0. The van der Waals surface area contributed by atoms with Gasteiger partial charge in [-0.2, -0.15) is 0 Å². The summed E-state index contributed by atoms with van der Waals surface area (Å²) in [5.41, 5.74) is 4.69. The summed E-state index contributed by atoms with van der Waals surface area (Å²) in [4.78, 5) is 29.3. The van der Waals surface area contributed by atoms with Gasteiger partial charge in [-0.3, -0.25) is 9.59 Å². The van der Waals surface area contributed by atoms with Gasteiger partial charge in [0.1, 0.15) is 0 Å². The van der Waals surface area contributed by atoms with Crippen molar-refractivity contribution in [2.75, 3.05) is 19.6 Å². The van der Waals surface area contributed by atoms with Crippen molar-refractivity contribution >= 4 is 11.8 Å². The molecule has 28 heavy (non-hydrogen) atoms. The molecular weight excluding hydrogens is 348 g/mol. The van der Waals surface area contributed by atoms with E-state index in [1.807, 2.05) is 34.1 Å². The van der Waals surface area contributed by atoms with Crippen LogP contribution in [0.5, 0.6) is 0 Å². The Balaban J connectivity index is 1.54. The van der Waals surface area contributed by atoms with Crippen molar-refractivity contribution in [2.24, 2.45) is 11.8 Å². The first kappa shape index (κ1) is 18.7. The molecule has 0 aromatic heterocycles. The molecule has 2 aliphatic heterocycles. The molecule has 0 aliphatic carbocycles. The van der Waals surface area contributed by atoms with E-state index in [2.05, 4.69) is 38.1 Å². The Labute approximate surface area is 167 Å². The van der Waals surface area contributed by atoms with E-state index in [9.17, 15) is 9.59 Å². The highest BCUT2D eigenvalue weighted by Gasteiger charge is 2.49. The molecule has 2 aromatic rings. The maximum Gasteiger partial charge on any atom is 0.227 e. The zero-order valence-corrected chi connectivity index (χ0v) is 16.9. The Hall–Kier alpha value is -2.62. The third-order valence-corrected chi connectivity index (χ3v) is 6.37. The van der Waals surface area contributed by atoms with Crippen LogP contribution < -0.4 is 0 Å². The molecule has 3 atom stereocenters. The van der Waals surface area contributed by atoms with Gasteiger partial charge in [-0.15, -0.1) is 0 Å². The SMILES string of the molecule is CC(=O)N1C[C@H]2CN(C(=O)Cc3cccc(C)c3)C[C@H]2[C@@H]1c1ccccc1C. The summed E-state index contributed by atoms with van der Waals surface area (Å²) >= 11 is 0. The van der Waals surface area contributed by atoms with E-state index in [-0.39, 0.29) is 17.9 Å². The normalized spacial score (nSPS) is 23.8. The lowest BCUT2D eigenvalue weighted by atomic mass is 9.87. The number of carbonyl (C=O) groups excluding carboxylic acids is 2. The van der Waals surface area contributed by atoms with Crippen LogP contribution in [0, 0.1) is 25.7 Å². The number of amides is 2. The average molecular weight is 377 g/mol. The second kappa shape index (κ2) is 7.42. The van der Waals surface area contributed by atoms with Crippen LogP contribution in [0.15, 0.2) is 48.5 Å². The molecule has 4 heteroatoms. The summed E-state index contributed by atoms with van der Waals surface area (Å²) < 4.78 is 0. The summed E-state index contributed by atoms with van der Waals surface area (Å²) in [6.45, 7) is 8.05. The molecule has 0 radical (unpaired) electrons. The molecule has 2 heterocycles. The van der Waals surface area contributed by atoms with Crippen LogP contribution in [0.1, 0.15) is 35.2 Å². The number of hydrogen-bond acceptors (Lipinski definition) is 2. The highest BCUT2D eigenvalue weighted by atomic mass is 16.2. The first-order valence-corrected chi connectivity index (χ1v) is 10.1. The number of aryl methyl sites for hydroxylation is 2. The maximum absolute atomic E-state index is 12.9. The van der Waals surface area contributed by atoms with Crippen LogP contribution in [-0.2, 0) is 16.0 Å². The zero-order valence-electron chi connectivity index (χ0n) is 16.9. The third kappa shape index (κ3) is 3.44. The van der Waals surface area contributed by atoms with Crippen LogP contribution >= 0.6 is 0 Å². The minimum absolute atomic E-state index is 0.0699. The predicted octanol–water partition coefficient (Wildman–Crippen LogP) is 3.52. The quantitative estimate of drug-likeness (QED) is 0.822. The Morgan fingerprint density at radius 1 is 1.00 bits per heavy atom. The van der Waals surface area contributed by atoms with Crippen LogP contribution in [0.2, 0.25) is 0 Å². The number of benzene rings is 2. The van der Waals surface area contributed by atoms with Gasteiger partial charge in [0.15, 0.2) is 0 Å². The molecule has 2 saturated heterocycles. The van der Waals surface area contributed by atoms with Crippen molar-refractivity contribution in [3.63, 3.8) is 0 Å². The van der Waals surface area contributed by atoms with Crippen molar-refractivity contribution < 1.29 is 9.59 Å². The van der Waals surface area contributed by atoms with Crippen molar-refractivity contribution in [1.29, 1.82) is 0 Å². The molecule has 0 unspecified atom stereocenters. The van der Waals surface area contributed by atoms with Gasteiger partial charge in [0.25, 0.3) is 0 Å². The Morgan fingerprint density at radius 3 is 2.50 bits per heavy atom. The molecule has 0 saturated carbocycles. The number of carbonyl (C=O) groups is 2. The van der Waals surface area contributed by atoms with Crippen molar-refractivity contribution in [2.45, 2.75) is 33.2 Å². The second-order valence-electron chi connectivity index (χ2n) is 8.36. The van der Waals surface area contributed by atoms with Crippen molar-refractivity contribution in [3.05, 3.63) is 70.8 Å². The molecule has 146 valence electrons. The maximum atomic E-state index is 12.9. The summed E-state index contributed by atoms with van der Waals surface area (Å²) in [5.74, 6) is 0.986. The van der Waals surface area contributed by atoms with E-state index in [1.54, 1.807) is 6.92 Å². The fraction of sp³-hybridized carbons (Fsp3) is 0.417. The Kier molecular flexibility index (Phi) is 4.96. The van der Waals surface area contributed by atoms with Gasteiger partial charge < -0.3 is 9.80 Å². The average Bonchev–Trinajstić information content (AvgIpc) is 3.20. The molecule has 0 spiro atoms. The van der Waals surface area contributed by atoms with Gasteiger partial charge in [-0.05, 0) is 30.5 Å². The van der Waals surface area contributed by atoms with Crippen LogP contribution in [0.4, 0.5) is 0 Å². The van der Waals surface area contributed by atoms with Gasteiger partial charge >= 0.3 is 0 Å². The zero-order chi connectivity index (χ0) is 19.8. The summed E-state index contributed by atoms with van der Waals surface area (Å²) in [5, 5.41) is 0. The molecule has 2 amide bonds. The Bertz CT molecular complexity index is 907. The number of rotatable bonds is 3. The number of likely N-dealkylation sites (tertiary alicyclic amines) is 2. The van der Waals surface area contributed by atoms with E-state index in [4.69, 9.17) is 0 Å². The largest absolute Gasteiger partial charge is 0.342 e. The highest BCUT2D eigenvalue weighted by molar-refractivity contribution is 5.79. The van der Waals surface area contributed by atoms with E-state index >= 15 is 0 Å². The number of nitrogens with zero attached hydrogens (tertiary/aromatic N) is 2. The third-order valence-electron chi connectivity index (χ3n) is 6.37. The minimum atomic E-state index is 0.0699. The minimum Gasteiger partial charge on any atom is -0.342 e. The van der Waals surface area contributed by atoms with Gasteiger partial charge in [-0.1, -0.05) is 54.1 Å². The van der Waals surface area contributed by atoms with Crippen molar-refractivity contribution in [1.82, 2.24) is 9.80 Å². The van der Waals surface area contributed by atoms with Gasteiger partial charge in [-0.25, -0.2) is 0 Å². The van der Waals surface area contributed by atoms with E-state index in [1.165, 1.54) is 16.7 Å². The van der Waals surface area contributed by atoms with Crippen LogP contribution in [0.3, 0.4) is 0 Å². The predicted molar refractivity (Wildman–Crippen MR) is 110 cm³/mol. The van der Waals surface area contributed by atoms with Crippen molar-refractivity contribution in [3.8, 4) is 0 Å². The molecule has 0 bridgehead atoms. The van der Waals surface area contributed by atoms with E-state index in [0.29, 0.717) is 18.3 Å². The number of fused-ring (bicyclic) bond motifs is 1. The molecule has 4 nitrogen and oxygen atoms in total. The molecular formula is C24H28N2O2. The fourth-order valence-corrected chi connectivity index (χ4v) is 5.00. The van der Waals surface area contributed by atoms with Gasteiger partial charge in [0.2, 0.25) is 11.8 Å². The molecule has 2 aliphatic rings. The molecule has 0 N–H and O–H groups in total. The van der Waals surface area contributed by atoms with E-state index in [0.717, 1.165) is 25.2 Å². The molecule has 2 aromatic carbocycles. The van der Waals surface area contributed by atoms with Gasteiger partial charge in [0, 0.05) is 38.4 Å². The van der Waals surface area contributed by atoms with Crippen LogP contribution in [-0.4, -0.2) is 41.2 Å². The first-order chi connectivity index (χ1) is 13.4. The molecule has 2 fully saturated rings. The Morgan fingerprint density at radius 2 is 1.79 bits per heavy atom.